The lowest BCUT2D eigenvalue weighted by atomic mass is 9.90. The Bertz CT molecular complexity index is 916. The first-order chi connectivity index (χ1) is 14.7. The quantitative estimate of drug-likeness (QED) is 0.661. The monoisotopic (exact) mass is 437 g/mol. The number of carbonyl (C=O) groups is 1. The van der Waals surface area contributed by atoms with E-state index in [0.717, 1.165) is 17.7 Å². The van der Waals surface area contributed by atoms with Crippen LogP contribution in [-0.4, -0.2) is 42.8 Å². The summed E-state index contributed by atoms with van der Waals surface area (Å²) in [5.74, 6) is -0.439. The second-order valence-electron chi connectivity index (χ2n) is 7.54. The molecule has 0 aromatic heterocycles. The molecule has 0 spiro atoms. The Balaban J connectivity index is 2.09. The summed E-state index contributed by atoms with van der Waals surface area (Å²) >= 11 is 0. The Morgan fingerprint density at radius 1 is 1.19 bits per heavy atom. The molecule has 0 aliphatic carbocycles. The van der Waals surface area contributed by atoms with Crippen molar-refractivity contribution in [2.45, 2.75) is 32.0 Å². The summed E-state index contributed by atoms with van der Waals surface area (Å²) in [6, 6.07) is 9.94. The summed E-state index contributed by atoms with van der Waals surface area (Å²) in [6.45, 7) is 3.07. The fourth-order valence-electron chi connectivity index (χ4n) is 4.07. The van der Waals surface area contributed by atoms with Gasteiger partial charge in [0.05, 0.1) is 31.2 Å². The molecule has 5 nitrogen and oxygen atoms in total. The van der Waals surface area contributed by atoms with E-state index in [4.69, 9.17) is 9.47 Å². The first-order valence-corrected chi connectivity index (χ1v) is 10.2. The highest BCUT2D eigenvalue weighted by molar-refractivity contribution is 5.70. The SMILES string of the molecule is CCOc1cc(C(c2cccc(C(F)(F)F)c2)N2CCCC(C(=O)O)C2)ccc1OC. The maximum atomic E-state index is 13.4. The van der Waals surface area contributed by atoms with E-state index >= 15 is 0 Å². The topological polar surface area (TPSA) is 59.0 Å². The van der Waals surface area contributed by atoms with E-state index in [1.165, 1.54) is 13.2 Å². The summed E-state index contributed by atoms with van der Waals surface area (Å²) in [7, 11) is 1.52. The number of piperidine rings is 1. The smallest absolute Gasteiger partial charge is 0.416 e. The van der Waals surface area contributed by atoms with E-state index in [1.807, 2.05) is 11.8 Å². The minimum absolute atomic E-state index is 0.256. The number of hydrogen-bond acceptors (Lipinski definition) is 4. The molecule has 3 rings (SSSR count). The number of nitrogens with zero attached hydrogens (tertiary/aromatic N) is 1. The van der Waals surface area contributed by atoms with Gasteiger partial charge in [-0.3, -0.25) is 9.69 Å². The van der Waals surface area contributed by atoms with Gasteiger partial charge in [-0.05, 0) is 61.7 Å². The van der Waals surface area contributed by atoms with Crippen LogP contribution in [-0.2, 0) is 11.0 Å². The van der Waals surface area contributed by atoms with Crippen LogP contribution in [0.5, 0.6) is 11.5 Å². The molecule has 1 aliphatic rings. The third-order valence-electron chi connectivity index (χ3n) is 5.50. The van der Waals surface area contributed by atoms with Crippen LogP contribution in [0.4, 0.5) is 13.2 Å². The second kappa shape index (κ2) is 9.60. The molecular formula is C23H26F3NO4. The Hall–Kier alpha value is -2.74. The molecule has 1 N–H and O–H groups in total. The van der Waals surface area contributed by atoms with Crippen LogP contribution in [0.1, 0.15) is 42.5 Å². The maximum Gasteiger partial charge on any atom is 0.416 e. The third kappa shape index (κ3) is 5.31. The van der Waals surface area contributed by atoms with Crippen molar-refractivity contribution in [1.29, 1.82) is 0 Å². The Labute approximate surface area is 179 Å². The molecule has 0 saturated carbocycles. The summed E-state index contributed by atoms with van der Waals surface area (Å²) in [5.41, 5.74) is 0.434. The van der Waals surface area contributed by atoms with Crippen LogP contribution < -0.4 is 9.47 Å². The summed E-state index contributed by atoms with van der Waals surface area (Å²) < 4.78 is 51.1. The maximum absolute atomic E-state index is 13.4. The zero-order chi connectivity index (χ0) is 22.6. The predicted molar refractivity (Wildman–Crippen MR) is 109 cm³/mol. The van der Waals surface area contributed by atoms with Crippen LogP contribution in [0.15, 0.2) is 42.5 Å². The number of halogens is 3. The minimum atomic E-state index is -4.47. The van der Waals surface area contributed by atoms with Gasteiger partial charge < -0.3 is 14.6 Å². The number of rotatable bonds is 7. The molecule has 0 amide bonds. The number of alkyl halides is 3. The first kappa shape index (κ1) is 22.9. The highest BCUT2D eigenvalue weighted by Crippen LogP contribution is 2.39. The van der Waals surface area contributed by atoms with Crippen LogP contribution in [0, 0.1) is 5.92 Å². The van der Waals surface area contributed by atoms with Gasteiger partial charge in [0, 0.05) is 6.54 Å². The number of methoxy groups -OCH3 is 1. The zero-order valence-electron chi connectivity index (χ0n) is 17.5. The van der Waals surface area contributed by atoms with Crippen LogP contribution in [0.2, 0.25) is 0 Å². The van der Waals surface area contributed by atoms with E-state index in [1.54, 1.807) is 24.3 Å². The lowest BCUT2D eigenvalue weighted by molar-refractivity contribution is -0.143. The van der Waals surface area contributed by atoms with Crippen molar-refractivity contribution >= 4 is 5.97 Å². The largest absolute Gasteiger partial charge is 0.493 e. The standard InChI is InChI=1S/C23H26F3NO4/c1-3-31-20-13-16(9-10-19(20)30-2)21(27-11-5-7-17(14-27)22(28)29)15-6-4-8-18(12-15)23(24,25)26/h4,6,8-10,12-13,17,21H,3,5,7,11,14H2,1-2H3,(H,28,29). The molecule has 2 aromatic rings. The lowest BCUT2D eigenvalue weighted by Crippen LogP contribution is -2.41. The summed E-state index contributed by atoms with van der Waals surface area (Å²) in [6.07, 6.45) is -3.27. The van der Waals surface area contributed by atoms with Gasteiger partial charge in [-0.15, -0.1) is 0 Å². The predicted octanol–water partition coefficient (Wildman–Crippen LogP) is 5.00. The van der Waals surface area contributed by atoms with Gasteiger partial charge in [0.1, 0.15) is 0 Å². The van der Waals surface area contributed by atoms with Gasteiger partial charge in [-0.25, -0.2) is 0 Å². The highest BCUT2D eigenvalue weighted by Gasteiger charge is 2.34. The zero-order valence-corrected chi connectivity index (χ0v) is 17.5. The number of hydrogen-bond donors (Lipinski definition) is 1. The fourth-order valence-corrected chi connectivity index (χ4v) is 4.07. The van der Waals surface area contributed by atoms with Crippen LogP contribution >= 0.6 is 0 Å². The Morgan fingerprint density at radius 3 is 2.58 bits per heavy atom. The summed E-state index contributed by atoms with van der Waals surface area (Å²) in [5, 5.41) is 9.50. The molecule has 2 aromatic carbocycles. The molecule has 1 fully saturated rings. The fraction of sp³-hybridized carbons (Fsp3) is 0.435. The first-order valence-electron chi connectivity index (χ1n) is 10.2. The number of aliphatic carboxylic acids is 1. The number of carboxylic acids is 1. The van der Waals surface area contributed by atoms with Gasteiger partial charge in [0.25, 0.3) is 0 Å². The molecule has 1 aliphatic heterocycles. The van der Waals surface area contributed by atoms with E-state index in [2.05, 4.69) is 0 Å². The molecular weight excluding hydrogens is 411 g/mol. The van der Waals surface area contributed by atoms with Gasteiger partial charge in [0.15, 0.2) is 11.5 Å². The molecule has 168 valence electrons. The van der Waals surface area contributed by atoms with Gasteiger partial charge >= 0.3 is 12.1 Å². The van der Waals surface area contributed by atoms with Gasteiger partial charge in [0.2, 0.25) is 0 Å². The number of benzene rings is 2. The van der Waals surface area contributed by atoms with Crippen LogP contribution in [0.25, 0.3) is 0 Å². The van der Waals surface area contributed by atoms with Crippen molar-refractivity contribution in [3.63, 3.8) is 0 Å². The van der Waals surface area contributed by atoms with Crippen molar-refractivity contribution in [2.75, 3.05) is 26.8 Å². The molecule has 31 heavy (non-hydrogen) atoms. The normalized spacial score (nSPS) is 18.4. The lowest BCUT2D eigenvalue weighted by Gasteiger charge is -2.38. The van der Waals surface area contributed by atoms with Gasteiger partial charge in [-0.1, -0.05) is 18.2 Å². The van der Waals surface area contributed by atoms with Crippen molar-refractivity contribution in [2.24, 2.45) is 5.92 Å². The molecule has 0 radical (unpaired) electrons. The average Bonchev–Trinajstić information content (AvgIpc) is 2.74. The minimum Gasteiger partial charge on any atom is -0.493 e. The average molecular weight is 437 g/mol. The molecule has 1 heterocycles. The van der Waals surface area contributed by atoms with Crippen molar-refractivity contribution in [3.05, 3.63) is 59.2 Å². The number of carboxylic acid groups (broad SMARTS) is 1. The van der Waals surface area contributed by atoms with Crippen molar-refractivity contribution in [3.8, 4) is 11.5 Å². The molecule has 2 unspecified atom stereocenters. The van der Waals surface area contributed by atoms with Crippen molar-refractivity contribution in [1.82, 2.24) is 4.90 Å². The van der Waals surface area contributed by atoms with E-state index < -0.39 is 29.7 Å². The van der Waals surface area contributed by atoms with E-state index in [0.29, 0.717) is 43.1 Å². The van der Waals surface area contributed by atoms with Gasteiger partial charge in [-0.2, -0.15) is 13.2 Å². The number of likely N-dealkylation sites (tertiary alicyclic amines) is 1. The molecule has 8 heteroatoms. The molecule has 2 atom stereocenters. The van der Waals surface area contributed by atoms with Crippen molar-refractivity contribution < 1.29 is 32.5 Å². The Morgan fingerprint density at radius 2 is 1.94 bits per heavy atom. The molecule has 1 saturated heterocycles. The second-order valence-corrected chi connectivity index (χ2v) is 7.54. The summed E-state index contributed by atoms with van der Waals surface area (Å²) in [4.78, 5) is 13.5. The van der Waals surface area contributed by atoms with Crippen LogP contribution in [0.3, 0.4) is 0 Å². The third-order valence-corrected chi connectivity index (χ3v) is 5.50. The number of ether oxygens (including phenoxy) is 2. The highest BCUT2D eigenvalue weighted by atomic mass is 19.4. The molecule has 0 bridgehead atoms. The van der Waals surface area contributed by atoms with E-state index in [9.17, 15) is 23.1 Å². The Kier molecular flexibility index (Phi) is 7.10. The van der Waals surface area contributed by atoms with E-state index in [-0.39, 0.29) is 6.54 Å².